The van der Waals surface area contributed by atoms with Crippen LogP contribution in [0.2, 0.25) is 0 Å². The Kier molecular flexibility index (Phi) is 3.76. The Labute approximate surface area is 125 Å². The van der Waals surface area contributed by atoms with E-state index >= 15 is 0 Å². The van der Waals surface area contributed by atoms with Gasteiger partial charge < -0.3 is 4.90 Å². The summed E-state index contributed by atoms with van der Waals surface area (Å²) in [6.07, 6.45) is 5.32. The Hall–Kier alpha value is -1.03. The van der Waals surface area contributed by atoms with E-state index < -0.39 is 10.0 Å². The summed E-state index contributed by atoms with van der Waals surface area (Å²) in [5.74, 6) is 0.394. The van der Waals surface area contributed by atoms with Crippen molar-refractivity contribution in [3.8, 4) is 0 Å². The van der Waals surface area contributed by atoms with Crippen LogP contribution in [0.5, 0.6) is 0 Å². The quantitative estimate of drug-likeness (QED) is 0.924. The zero-order valence-electron chi connectivity index (χ0n) is 10.6. The summed E-state index contributed by atoms with van der Waals surface area (Å²) in [5.41, 5.74) is 0. The van der Waals surface area contributed by atoms with Crippen molar-refractivity contribution in [3.05, 3.63) is 22.8 Å². The van der Waals surface area contributed by atoms with Crippen LogP contribution < -0.4 is 10.0 Å². The highest BCUT2D eigenvalue weighted by Crippen LogP contribution is 2.33. The molecule has 0 bridgehead atoms. The predicted octanol–water partition coefficient (Wildman–Crippen LogP) is 1.63. The van der Waals surface area contributed by atoms with Crippen molar-refractivity contribution in [2.45, 2.75) is 23.0 Å². The first-order valence-electron chi connectivity index (χ1n) is 6.17. The van der Waals surface area contributed by atoms with E-state index in [0.717, 1.165) is 47.4 Å². The lowest BCUT2D eigenvalue weighted by Gasteiger charge is -2.31. The molecule has 0 radical (unpaired) electrons. The van der Waals surface area contributed by atoms with Crippen molar-refractivity contribution < 1.29 is 8.42 Å². The van der Waals surface area contributed by atoms with Gasteiger partial charge in [0.1, 0.15) is 0 Å². The lowest BCUT2D eigenvalue weighted by atomic mass is 9.99. The van der Waals surface area contributed by atoms with E-state index in [9.17, 15) is 8.42 Å². The van der Waals surface area contributed by atoms with Crippen molar-refractivity contribution in [2.24, 2.45) is 5.14 Å². The van der Waals surface area contributed by atoms with Gasteiger partial charge in [0.05, 0.1) is 11.2 Å². The fourth-order valence-electron chi connectivity index (χ4n) is 2.32. The third-order valence-electron chi connectivity index (χ3n) is 3.25. The summed E-state index contributed by atoms with van der Waals surface area (Å²) in [4.78, 5) is 10.7. The number of nitrogens with zero attached hydrogens (tertiary/aromatic N) is 3. The standard InChI is InChI=1S/C11H14N4O2S3/c12-20(16,17)9-6-14-11(19-9)15-4-1-2-8(7-15)10-13-3-5-18-10/h3,5-6,8H,1-2,4,7H2,(H2,12,16,17)/t8-/m1/s1. The first-order chi connectivity index (χ1) is 9.54. The Balaban J connectivity index is 1.79. The molecule has 0 amide bonds. The molecule has 9 heteroatoms. The molecule has 1 aliphatic heterocycles. The third kappa shape index (κ3) is 2.85. The minimum Gasteiger partial charge on any atom is -0.347 e. The van der Waals surface area contributed by atoms with Gasteiger partial charge in [-0.2, -0.15) is 0 Å². The van der Waals surface area contributed by atoms with Crippen molar-refractivity contribution in [2.75, 3.05) is 18.0 Å². The molecule has 1 atom stereocenters. The summed E-state index contributed by atoms with van der Waals surface area (Å²) in [6.45, 7) is 1.71. The van der Waals surface area contributed by atoms with Crippen LogP contribution in [0, 0.1) is 0 Å². The third-order valence-corrected chi connectivity index (χ3v) is 6.65. The first-order valence-corrected chi connectivity index (χ1v) is 9.41. The lowest BCUT2D eigenvalue weighted by Crippen LogP contribution is -2.34. The molecule has 0 saturated carbocycles. The molecule has 20 heavy (non-hydrogen) atoms. The van der Waals surface area contributed by atoms with E-state index in [1.165, 1.54) is 6.20 Å². The Bertz CT molecular complexity index is 680. The molecule has 2 aromatic heterocycles. The Morgan fingerprint density at radius 2 is 2.25 bits per heavy atom. The van der Waals surface area contributed by atoms with Gasteiger partial charge in [-0.25, -0.2) is 23.5 Å². The second-order valence-electron chi connectivity index (χ2n) is 4.66. The van der Waals surface area contributed by atoms with Gasteiger partial charge in [-0.15, -0.1) is 11.3 Å². The van der Waals surface area contributed by atoms with Gasteiger partial charge in [0.25, 0.3) is 0 Å². The van der Waals surface area contributed by atoms with E-state index in [1.54, 1.807) is 11.3 Å². The van der Waals surface area contributed by atoms with Crippen LogP contribution in [0.25, 0.3) is 0 Å². The summed E-state index contributed by atoms with van der Waals surface area (Å²) in [7, 11) is -3.66. The van der Waals surface area contributed by atoms with Crippen molar-refractivity contribution in [3.63, 3.8) is 0 Å². The van der Waals surface area contributed by atoms with Crippen LogP contribution in [0.3, 0.4) is 0 Å². The monoisotopic (exact) mass is 330 g/mol. The second-order valence-corrected chi connectivity index (χ2v) is 8.39. The van der Waals surface area contributed by atoms with Gasteiger partial charge >= 0.3 is 0 Å². The SMILES string of the molecule is NS(=O)(=O)c1cnc(N2CCC[C@@H](c3nccs3)C2)s1. The minimum absolute atomic E-state index is 0.115. The fraction of sp³-hybridized carbons (Fsp3) is 0.455. The normalized spacial score (nSPS) is 20.2. The van der Waals surface area contributed by atoms with Crippen LogP contribution in [0.1, 0.15) is 23.8 Å². The second kappa shape index (κ2) is 5.40. The predicted molar refractivity (Wildman–Crippen MR) is 79.8 cm³/mol. The van der Waals surface area contributed by atoms with E-state index in [1.807, 2.05) is 11.6 Å². The van der Waals surface area contributed by atoms with E-state index in [-0.39, 0.29) is 4.21 Å². The highest BCUT2D eigenvalue weighted by atomic mass is 32.2. The molecule has 0 unspecified atom stereocenters. The van der Waals surface area contributed by atoms with Gasteiger partial charge in [-0.05, 0) is 12.8 Å². The van der Waals surface area contributed by atoms with Crippen molar-refractivity contribution >= 4 is 37.8 Å². The van der Waals surface area contributed by atoms with Crippen LogP contribution in [-0.2, 0) is 10.0 Å². The molecule has 1 saturated heterocycles. The van der Waals surface area contributed by atoms with Gasteiger partial charge in [-0.3, -0.25) is 0 Å². The number of piperidine rings is 1. The first kappa shape index (κ1) is 13.9. The van der Waals surface area contributed by atoms with Gasteiger partial charge in [0.15, 0.2) is 9.34 Å². The number of primary sulfonamides is 1. The number of anilines is 1. The number of sulfonamides is 1. The molecule has 3 rings (SSSR count). The van der Waals surface area contributed by atoms with Crippen molar-refractivity contribution in [1.82, 2.24) is 9.97 Å². The highest BCUT2D eigenvalue weighted by Gasteiger charge is 2.25. The summed E-state index contributed by atoms with van der Waals surface area (Å²) in [6, 6.07) is 0. The molecular weight excluding hydrogens is 316 g/mol. The Morgan fingerprint density at radius 1 is 1.40 bits per heavy atom. The fourth-order valence-corrected chi connectivity index (χ4v) is 4.66. The molecule has 6 nitrogen and oxygen atoms in total. The average Bonchev–Trinajstić information content (AvgIpc) is 3.10. The number of rotatable bonds is 3. The van der Waals surface area contributed by atoms with Crippen molar-refractivity contribution in [1.29, 1.82) is 0 Å². The molecule has 2 aromatic rings. The van der Waals surface area contributed by atoms with Crippen LogP contribution in [0.4, 0.5) is 5.13 Å². The molecule has 0 aliphatic carbocycles. The van der Waals surface area contributed by atoms with E-state index in [2.05, 4.69) is 14.9 Å². The molecule has 0 aromatic carbocycles. The molecule has 108 valence electrons. The number of thiazole rings is 2. The maximum atomic E-state index is 11.3. The molecule has 2 N–H and O–H groups in total. The minimum atomic E-state index is -3.66. The summed E-state index contributed by atoms with van der Waals surface area (Å²) >= 11 is 2.80. The van der Waals surface area contributed by atoms with Crippen LogP contribution in [-0.4, -0.2) is 31.5 Å². The maximum absolute atomic E-state index is 11.3. The van der Waals surface area contributed by atoms with Gasteiger partial charge in [-0.1, -0.05) is 11.3 Å². The molecule has 0 spiro atoms. The topological polar surface area (TPSA) is 89.2 Å². The summed E-state index contributed by atoms with van der Waals surface area (Å²) < 4.78 is 22.7. The number of nitrogens with two attached hydrogens (primary N) is 1. The van der Waals surface area contributed by atoms with Gasteiger partial charge in [0, 0.05) is 30.6 Å². The largest absolute Gasteiger partial charge is 0.347 e. The number of hydrogen-bond donors (Lipinski definition) is 1. The zero-order chi connectivity index (χ0) is 14.2. The average molecular weight is 330 g/mol. The lowest BCUT2D eigenvalue weighted by molar-refractivity contribution is 0.508. The molecule has 3 heterocycles. The highest BCUT2D eigenvalue weighted by molar-refractivity contribution is 7.91. The molecule has 1 aliphatic rings. The summed E-state index contributed by atoms with van der Waals surface area (Å²) in [5, 5.41) is 8.96. The number of hydrogen-bond acceptors (Lipinski definition) is 7. The van der Waals surface area contributed by atoms with Gasteiger partial charge in [0.2, 0.25) is 10.0 Å². The van der Waals surface area contributed by atoms with Crippen LogP contribution in [0.15, 0.2) is 22.0 Å². The number of aromatic nitrogens is 2. The maximum Gasteiger partial charge on any atom is 0.249 e. The van der Waals surface area contributed by atoms with Crippen LogP contribution >= 0.6 is 22.7 Å². The zero-order valence-corrected chi connectivity index (χ0v) is 13.0. The molecule has 1 fully saturated rings. The van der Waals surface area contributed by atoms with E-state index in [0.29, 0.717) is 5.92 Å². The smallest absolute Gasteiger partial charge is 0.249 e. The van der Waals surface area contributed by atoms with E-state index in [4.69, 9.17) is 5.14 Å². The molecular formula is C11H14N4O2S3. The Morgan fingerprint density at radius 3 is 2.90 bits per heavy atom.